The molecule has 0 aromatic heterocycles. The molecule has 0 saturated heterocycles. The maximum Gasteiger partial charge on any atom is 0.162 e. The summed E-state index contributed by atoms with van der Waals surface area (Å²) in [5.74, 6) is 1.53. The van der Waals surface area contributed by atoms with Crippen molar-refractivity contribution in [2.24, 2.45) is 0 Å². The van der Waals surface area contributed by atoms with Crippen molar-refractivity contribution in [2.75, 3.05) is 19.0 Å². The summed E-state index contributed by atoms with van der Waals surface area (Å²) in [6, 6.07) is 14.6. The van der Waals surface area contributed by atoms with Crippen LogP contribution in [-0.2, 0) is 13.0 Å². The van der Waals surface area contributed by atoms with Crippen molar-refractivity contribution < 1.29 is 9.47 Å². The van der Waals surface area contributed by atoms with Gasteiger partial charge in [-0.25, -0.2) is 0 Å². The van der Waals surface area contributed by atoms with Crippen molar-refractivity contribution in [2.45, 2.75) is 26.8 Å². The molecule has 0 aliphatic rings. The summed E-state index contributed by atoms with van der Waals surface area (Å²) < 4.78 is 10.9. The molecular weight excluding hydrogens is 262 g/mol. The predicted octanol–water partition coefficient (Wildman–Crippen LogP) is 4.27. The Bertz CT molecular complexity index is 564. The highest BCUT2D eigenvalue weighted by Gasteiger charge is 2.05. The molecule has 0 amide bonds. The van der Waals surface area contributed by atoms with Crippen molar-refractivity contribution in [1.82, 2.24) is 0 Å². The van der Waals surface area contributed by atoms with Gasteiger partial charge in [-0.2, -0.15) is 0 Å². The number of benzene rings is 2. The third-order valence-electron chi connectivity index (χ3n) is 3.39. The number of hydrogen-bond acceptors (Lipinski definition) is 3. The standard InChI is InChI=1S/C18H23NO2/c1-4-14-6-8-15(9-7-14)13-19-16-10-11-17(21-5-2)18(12-16)20-3/h6-12,19H,4-5,13H2,1-3H3. The van der Waals surface area contributed by atoms with Gasteiger partial charge in [0.1, 0.15) is 0 Å². The van der Waals surface area contributed by atoms with E-state index in [2.05, 4.69) is 36.5 Å². The molecule has 21 heavy (non-hydrogen) atoms. The van der Waals surface area contributed by atoms with Crippen LogP contribution in [0.3, 0.4) is 0 Å². The molecule has 0 atom stereocenters. The number of methoxy groups -OCH3 is 1. The first-order chi connectivity index (χ1) is 10.3. The summed E-state index contributed by atoms with van der Waals surface area (Å²) in [4.78, 5) is 0. The fraction of sp³-hybridized carbons (Fsp3) is 0.333. The predicted molar refractivity (Wildman–Crippen MR) is 87.3 cm³/mol. The highest BCUT2D eigenvalue weighted by molar-refractivity contribution is 5.55. The largest absolute Gasteiger partial charge is 0.493 e. The molecule has 0 fully saturated rings. The van der Waals surface area contributed by atoms with Gasteiger partial charge in [0, 0.05) is 18.3 Å². The lowest BCUT2D eigenvalue weighted by atomic mass is 10.1. The molecule has 2 aromatic rings. The molecule has 2 aromatic carbocycles. The van der Waals surface area contributed by atoms with E-state index in [0.717, 1.165) is 30.2 Å². The van der Waals surface area contributed by atoms with Gasteiger partial charge in [-0.05, 0) is 36.6 Å². The number of anilines is 1. The molecule has 1 N–H and O–H groups in total. The van der Waals surface area contributed by atoms with E-state index in [0.29, 0.717) is 6.61 Å². The Morgan fingerprint density at radius 2 is 1.62 bits per heavy atom. The lowest BCUT2D eigenvalue weighted by Crippen LogP contribution is -2.01. The van der Waals surface area contributed by atoms with Gasteiger partial charge in [0.15, 0.2) is 11.5 Å². The van der Waals surface area contributed by atoms with Crippen LogP contribution in [0.2, 0.25) is 0 Å². The quantitative estimate of drug-likeness (QED) is 0.824. The van der Waals surface area contributed by atoms with E-state index in [-0.39, 0.29) is 0 Å². The zero-order chi connectivity index (χ0) is 15.1. The van der Waals surface area contributed by atoms with Crippen LogP contribution < -0.4 is 14.8 Å². The molecule has 0 bridgehead atoms. The SMILES string of the molecule is CCOc1ccc(NCc2ccc(CC)cc2)cc1OC. The van der Waals surface area contributed by atoms with Crippen LogP contribution in [0, 0.1) is 0 Å². The molecule has 3 nitrogen and oxygen atoms in total. The normalized spacial score (nSPS) is 10.2. The van der Waals surface area contributed by atoms with Crippen molar-refractivity contribution in [3.05, 3.63) is 53.6 Å². The monoisotopic (exact) mass is 285 g/mol. The zero-order valence-electron chi connectivity index (χ0n) is 13.0. The molecule has 112 valence electrons. The van der Waals surface area contributed by atoms with E-state index in [1.807, 2.05) is 25.1 Å². The van der Waals surface area contributed by atoms with Crippen LogP contribution in [0.1, 0.15) is 25.0 Å². The first-order valence-corrected chi connectivity index (χ1v) is 7.39. The van der Waals surface area contributed by atoms with Gasteiger partial charge < -0.3 is 14.8 Å². The Kier molecular flexibility index (Phi) is 5.50. The Balaban J connectivity index is 2.01. The van der Waals surface area contributed by atoms with E-state index in [4.69, 9.17) is 9.47 Å². The molecule has 0 radical (unpaired) electrons. The summed E-state index contributed by atoms with van der Waals surface area (Å²) in [6.07, 6.45) is 1.07. The number of hydrogen-bond donors (Lipinski definition) is 1. The minimum atomic E-state index is 0.632. The summed E-state index contributed by atoms with van der Waals surface area (Å²) in [5.41, 5.74) is 3.65. The summed E-state index contributed by atoms with van der Waals surface area (Å²) in [6.45, 7) is 5.55. The molecule has 3 heteroatoms. The second kappa shape index (κ2) is 7.58. The number of aryl methyl sites for hydroxylation is 1. The maximum absolute atomic E-state index is 5.52. The Morgan fingerprint density at radius 1 is 0.905 bits per heavy atom. The van der Waals surface area contributed by atoms with Crippen LogP contribution in [0.4, 0.5) is 5.69 Å². The fourth-order valence-corrected chi connectivity index (χ4v) is 2.15. The van der Waals surface area contributed by atoms with Crippen LogP contribution in [0.5, 0.6) is 11.5 Å². The first-order valence-electron chi connectivity index (χ1n) is 7.39. The maximum atomic E-state index is 5.52. The topological polar surface area (TPSA) is 30.5 Å². The van der Waals surface area contributed by atoms with Crippen LogP contribution >= 0.6 is 0 Å². The van der Waals surface area contributed by atoms with E-state index < -0.39 is 0 Å². The fourth-order valence-electron chi connectivity index (χ4n) is 2.15. The van der Waals surface area contributed by atoms with E-state index >= 15 is 0 Å². The average molecular weight is 285 g/mol. The van der Waals surface area contributed by atoms with E-state index in [9.17, 15) is 0 Å². The summed E-state index contributed by atoms with van der Waals surface area (Å²) in [5, 5.41) is 3.41. The van der Waals surface area contributed by atoms with Crippen molar-refractivity contribution >= 4 is 5.69 Å². The molecule has 0 heterocycles. The molecule has 0 aliphatic heterocycles. The zero-order valence-corrected chi connectivity index (χ0v) is 13.0. The van der Waals surface area contributed by atoms with Gasteiger partial charge in [0.25, 0.3) is 0 Å². The first kappa shape index (κ1) is 15.2. The van der Waals surface area contributed by atoms with E-state index in [1.165, 1.54) is 11.1 Å². The lowest BCUT2D eigenvalue weighted by Gasteiger charge is -2.12. The lowest BCUT2D eigenvalue weighted by molar-refractivity contribution is 0.311. The van der Waals surface area contributed by atoms with Gasteiger partial charge in [-0.15, -0.1) is 0 Å². The molecule has 0 aliphatic carbocycles. The summed E-state index contributed by atoms with van der Waals surface area (Å²) >= 11 is 0. The minimum Gasteiger partial charge on any atom is -0.493 e. The van der Waals surface area contributed by atoms with Gasteiger partial charge in [0.05, 0.1) is 13.7 Å². The second-order valence-corrected chi connectivity index (χ2v) is 4.82. The van der Waals surface area contributed by atoms with E-state index in [1.54, 1.807) is 7.11 Å². The van der Waals surface area contributed by atoms with Gasteiger partial charge in [-0.3, -0.25) is 0 Å². The average Bonchev–Trinajstić information content (AvgIpc) is 2.54. The highest BCUT2D eigenvalue weighted by atomic mass is 16.5. The van der Waals surface area contributed by atoms with Crippen LogP contribution in [0.15, 0.2) is 42.5 Å². The summed E-state index contributed by atoms with van der Waals surface area (Å²) in [7, 11) is 1.66. The van der Waals surface area contributed by atoms with Crippen LogP contribution in [-0.4, -0.2) is 13.7 Å². The van der Waals surface area contributed by atoms with Crippen LogP contribution in [0.25, 0.3) is 0 Å². The smallest absolute Gasteiger partial charge is 0.162 e. The second-order valence-electron chi connectivity index (χ2n) is 4.82. The van der Waals surface area contributed by atoms with Crippen molar-refractivity contribution in [3.8, 4) is 11.5 Å². The molecule has 0 saturated carbocycles. The highest BCUT2D eigenvalue weighted by Crippen LogP contribution is 2.30. The molecular formula is C18H23NO2. The van der Waals surface area contributed by atoms with Gasteiger partial charge in [0.2, 0.25) is 0 Å². The Morgan fingerprint density at radius 3 is 2.24 bits per heavy atom. The molecule has 2 rings (SSSR count). The van der Waals surface area contributed by atoms with Crippen molar-refractivity contribution in [1.29, 1.82) is 0 Å². The number of nitrogens with one attached hydrogen (secondary N) is 1. The third kappa shape index (κ3) is 4.15. The minimum absolute atomic E-state index is 0.632. The molecule has 0 spiro atoms. The molecule has 0 unspecified atom stereocenters. The number of ether oxygens (including phenoxy) is 2. The van der Waals surface area contributed by atoms with Gasteiger partial charge in [-0.1, -0.05) is 31.2 Å². The van der Waals surface area contributed by atoms with Crippen molar-refractivity contribution in [3.63, 3.8) is 0 Å². The third-order valence-corrected chi connectivity index (χ3v) is 3.39. The van der Waals surface area contributed by atoms with Gasteiger partial charge >= 0.3 is 0 Å². The Hall–Kier alpha value is -2.16. The number of rotatable bonds is 7. The Labute approximate surface area is 126 Å².